The van der Waals surface area contributed by atoms with Crippen LogP contribution in [0.1, 0.15) is 52.0 Å². The summed E-state index contributed by atoms with van der Waals surface area (Å²) in [6.07, 6.45) is 2.57. The fraction of sp³-hybridized carbons (Fsp3) is 0.600. The number of piperidine rings is 1. The van der Waals surface area contributed by atoms with E-state index in [2.05, 4.69) is 20.8 Å². The molecule has 1 aliphatic heterocycles. The predicted molar refractivity (Wildman–Crippen MR) is 94.8 cm³/mol. The molecule has 24 heavy (non-hydrogen) atoms. The number of carbonyl (C=O) groups is 2. The molecule has 0 aliphatic carbocycles. The zero-order valence-corrected chi connectivity index (χ0v) is 15.0. The van der Waals surface area contributed by atoms with Crippen molar-refractivity contribution in [2.24, 2.45) is 11.8 Å². The number of likely N-dealkylation sites (tertiary alicyclic amines) is 1. The number of carbonyl (C=O) groups excluding carboxylic acids is 1. The highest BCUT2D eigenvalue weighted by molar-refractivity contribution is 5.82. The van der Waals surface area contributed by atoms with E-state index in [9.17, 15) is 14.7 Å². The second kappa shape index (κ2) is 7.82. The third-order valence-electron chi connectivity index (χ3n) is 5.10. The van der Waals surface area contributed by atoms with E-state index >= 15 is 0 Å². The summed E-state index contributed by atoms with van der Waals surface area (Å²) in [4.78, 5) is 26.3. The Bertz CT molecular complexity index is 560. The Morgan fingerprint density at radius 3 is 2.21 bits per heavy atom. The summed E-state index contributed by atoms with van der Waals surface area (Å²) in [7, 11) is 0. The van der Waals surface area contributed by atoms with Crippen molar-refractivity contribution >= 4 is 11.9 Å². The number of carboxylic acids is 1. The van der Waals surface area contributed by atoms with Gasteiger partial charge < -0.3 is 10.0 Å². The standard InChI is InChI=1S/C20H29NO3/c1-15(2)13-16(3)14-18(22)21-11-9-20(10-12-21,19(23)24)17-7-5-4-6-8-17/h4-8,15-16H,9-14H2,1-3H3,(H,23,24). The molecule has 1 fully saturated rings. The number of hydrogen-bond donors (Lipinski definition) is 1. The number of nitrogens with zero attached hydrogens (tertiary/aromatic N) is 1. The summed E-state index contributed by atoms with van der Waals surface area (Å²) in [5.41, 5.74) is -0.0144. The molecule has 4 heteroatoms. The van der Waals surface area contributed by atoms with Crippen LogP contribution in [0.2, 0.25) is 0 Å². The van der Waals surface area contributed by atoms with E-state index < -0.39 is 11.4 Å². The second-order valence-electron chi connectivity index (χ2n) is 7.57. The van der Waals surface area contributed by atoms with Crippen molar-refractivity contribution in [3.63, 3.8) is 0 Å². The van der Waals surface area contributed by atoms with Gasteiger partial charge in [0, 0.05) is 19.5 Å². The average molecular weight is 331 g/mol. The highest BCUT2D eigenvalue weighted by atomic mass is 16.4. The van der Waals surface area contributed by atoms with Crippen molar-refractivity contribution in [2.75, 3.05) is 13.1 Å². The first-order valence-corrected chi connectivity index (χ1v) is 8.92. The summed E-state index contributed by atoms with van der Waals surface area (Å²) < 4.78 is 0. The van der Waals surface area contributed by atoms with Crippen LogP contribution in [-0.2, 0) is 15.0 Å². The lowest BCUT2D eigenvalue weighted by molar-refractivity contribution is -0.148. The van der Waals surface area contributed by atoms with Gasteiger partial charge in [-0.1, -0.05) is 51.1 Å². The van der Waals surface area contributed by atoms with Gasteiger partial charge in [-0.3, -0.25) is 9.59 Å². The Hall–Kier alpha value is -1.84. The van der Waals surface area contributed by atoms with Crippen molar-refractivity contribution < 1.29 is 14.7 Å². The van der Waals surface area contributed by atoms with Gasteiger partial charge >= 0.3 is 5.97 Å². The number of amides is 1. The van der Waals surface area contributed by atoms with Gasteiger partial charge in [0.2, 0.25) is 5.91 Å². The first-order valence-electron chi connectivity index (χ1n) is 8.92. The highest BCUT2D eigenvalue weighted by Crippen LogP contribution is 2.36. The van der Waals surface area contributed by atoms with E-state index in [1.54, 1.807) is 0 Å². The molecule has 0 aromatic heterocycles. The van der Waals surface area contributed by atoms with Crippen molar-refractivity contribution in [3.8, 4) is 0 Å². The van der Waals surface area contributed by atoms with Crippen molar-refractivity contribution in [3.05, 3.63) is 35.9 Å². The molecule has 0 spiro atoms. The zero-order chi connectivity index (χ0) is 17.7. The summed E-state index contributed by atoms with van der Waals surface area (Å²) in [5, 5.41) is 9.81. The molecule has 1 atom stereocenters. The SMILES string of the molecule is CC(C)CC(C)CC(=O)N1CCC(C(=O)O)(c2ccccc2)CC1. The number of hydrogen-bond acceptors (Lipinski definition) is 2. The monoisotopic (exact) mass is 331 g/mol. The maximum absolute atomic E-state index is 12.5. The summed E-state index contributed by atoms with van der Waals surface area (Å²) in [5.74, 6) is 0.342. The Balaban J connectivity index is 2.01. The van der Waals surface area contributed by atoms with Gasteiger partial charge in [0.1, 0.15) is 0 Å². The van der Waals surface area contributed by atoms with E-state index in [1.807, 2.05) is 35.2 Å². The smallest absolute Gasteiger partial charge is 0.314 e. The Labute approximate surface area is 144 Å². The topological polar surface area (TPSA) is 57.6 Å². The Morgan fingerprint density at radius 2 is 1.71 bits per heavy atom. The molecule has 1 N–H and O–H groups in total. The van der Waals surface area contributed by atoms with Gasteiger partial charge in [-0.15, -0.1) is 0 Å². The van der Waals surface area contributed by atoms with Crippen LogP contribution in [0.3, 0.4) is 0 Å². The first kappa shape index (κ1) is 18.5. The maximum Gasteiger partial charge on any atom is 0.314 e. The molecule has 1 unspecified atom stereocenters. The molecule has 132 valence electrons. The van der Waals surface area contributed by atoms with Crippen LogP contribution in [0.25, 0.3) is 0 Å². The van der Waals surface area contributed by atoms with E-state index in [1.165, 1.54) is 0 Å². The number of benzene rings is 1. The lowest BCUT2D eigenvalue weighted by Gasteiger charge is -2.39. The van der Waals surface area contributed by atoms with E-state index in [0.717, 1.165) is 12.0 Å². The van der Waals surface area contributed by atoms with Crippen LogP contribution >= 0.6 is 0 Å². The number of carboxylic acid groups (broad SMARTS) is 1. The molecule has 1 amide bonds. The minimum atomic E-state index is -0.860. The quantitative estimate of drug-likeness (QED) is 0.864. The summed E-state index contributed by atoms with van der Waals surface area (Å²) in [6, 6.07) is 9.43. The molecule has 0 saturated carbocycles. The van der Waals surface area contributed by atoms with Gasteiger partial charge in [0.25, 0.3) is 0 Å². The second-order valence-corrected chi connectivity index (χ2v) is 7.57. The molecule has 0 radical (unpaired) electrons. The Morgan fingerprint density at radius 1 is 1.12 bits per heavy atom. The largest absolute Gasteiger partial charge is 0.481 e. The number of aliphatic carboxylic acids is 1. The predicted octanol–water partition coefficient (Wildman–Crippen LogP) is 3.70. The lowest BCUT2D eigenvalue weighted by atomic mass is 9.72. The lowest BCUT2D eigenvalue weighted by Crippen LogP contribution is -2.49. The third kappa shape index (κ3) is 4.16. The summed E-state index contributed by atoms with van der Waals surface area (Å²) >= 11 is 0. The molecule has 4 nitrogen and oxygen atoms in total. The van der Waals surface area contributed by atoms with Crippen molar-refractivity contribution in [2.45, 2.75) is 51.9 Å². The van der Waals surface area contributed by atoms with Gasteiger partial charge in [-0.2, -0.15) is 0 Å². The van der Waals surface area contributed by atoms with Gasteiger partial charge in [-0.25, -0.2) is 0 Å². The number of rotatable bonds is 6. The fourth-order valence-electron chi connectivity index (χ4n) is 3.84. The average Bonchev–Trinajstić information content (AvgIpc) is 2.54. The van der Waals surface area contributed by atoms with Crippen LogP contribution in [0, 0.1) is 11.8 Å². The molecule has 1 aromatic rings. The van der Waals surface area contributed by atoms with Crippen LogP contribution in [0.5, 0.6) is 0 Å². The first-order chi connectivity index (χ1) is 11.3. The molecule has 1 aliphatic rings. The van der Waals surface area contributed by atoms with Crippen LogP contribution in [0.15, 0.2) is 30.3 Å². The third-order valence-corrected chi connectivity index (χ3v) is 5.10. The van der Waals surface area contributed by atoms with Crippen molar-refractivity contribution in [1.82, 2.24) is 4.90 Å². The molecule has 2 rings (SSSR count). The van der Waals surface area contributed by atoms with E-state index in [4.69, 9.17) is 0 Å². The summed E-state index contributed by atoms with van der Waals surface area (Å²) in [6.45, 7) is 7.50. The fourth-order valence-corrected chi connectivity index (χ4v) is 3.84. The minimum absolute atomic E-state index is 0.162. The normalized spacial score (nSPS) is 18.4. The van der Waals surface area contributed by atoms with Gasteiger partial charge in [-0.05, 0) is 36.7 Å². The van der Waals surface area contributed by atoms with Gasteiger partial charge in [0.05, 0.1) is 5.41 Å². The van der Waals surface area contributed by atoms with Crippen molar-refractivity contribution in [1.29, 1.82) is 0 Å². The molecular weight excluding hydrogens is 302 g/mol. The Kier molecular flexibility index (Phi) is 6.03. The molecular formula is C20H29NO3. The maximum atomic E-state index is 12.5. The molecule has 1 aromatic carbocycles. The van der Waals surface area contributed by atoms with E-state index in [-0.39, 0.29) is 5.91 Å². The van der Waals surface area contributed by atoms with E-state index in [0.29, 0.717) is 44.2 Å². The zero-order valence-electron chi connectivity index (χ0n) is 15.0. The van der Waals surface area contributed by atoms with Gasteiger partial charge in [0.15, 0.2) is 0 Å². The molecule has 0 bridgehead atoms. The molecule has 1 heterocycles. The highest BCUT2D eigenvalue weighted by Gasteiger charge is 2.43. The van der Waals surface area contributed by atoms with Crippen LogP contribution < -0.4 is 0 Å². The van der Waals surface area contributed by atoms with Crippen LogP contribution in [0.4, 0.5) is 0 Å². The molecule has 1 saturated heterocycles. The minimum Gasteiger partial charge on any atom is -0.481 e. The van der Waals surface area contributed by atoms with Crippen LogP contribution in [-0.4, -0.2) is 35.0 Å².